The fourth-order valence-corrected chi connectivity index (χ4v) is 6.06. The summed E-state index contributed by atoms with van der Waals surface area (Å²) in [7, 11) is -2.75. The number of fused-ring (bicyclic) bond motifs is 3. The lowest BCUT2D eigenvalue weighted by atomic mass is 9.97. The largest absolute Gasteiger partial charge is 0.369 e. The van der Waals surface area contributed by atoms with Crippen LogP contribution in [0.15, 0.2) is 6.33 Å². The number of sulfone groups is 1. The van der Waals surface area contributed by atoms with Gasteiger partial charge in [-0.15, -0.1) is 11.3 Å². The van der Waals surface area contributed by atoms with E-state index in [1.807, 2.05) is 0 Å². The number of anilines is 1. The van der Waals surface area contributed by atoms with Crippen LogP contribution in [0.25, 0.3) is 10.2 Å². The topological polar surface area (TPSA) is 72.0 Å². The average Bonchev–Trinajstić information content (AvgIpc) is 2.81. The predicted octanol–water partition coefficient (Wildman–Crippen LogP) is 2.03. The fraction of sp³-hybridized carbons (Fsp3) is 0.571. The van der Waals surface area contributed by atoms with E-state index in [4.69, 9.17) is 0 Å². The maximum absolute atomic E-state index is 11.2. The zero-order valence-electron chi connectivity index (χ0n) is 11.6. The van der Waals surface area contributed by atoms with Crippen molar-refractivity contribution in [2.75, 3.05) is 23.4 Å². The van der Waals surface area contributed by atoms with Crippen LogP contribution in [0.4, 0.5) is 5.82 Å². The minimum atomic E-state index is -2.75. The van der Waals surface area contributed by atoms with Crippen LogP contribution in [0.3, 0.4) is 0 Å². The van der Waals surface area contributed by atoms with Crippen molar-refractivity contribution in [3.05, 3.63) is 16.8 Å². The summed E-state index contributed by atoms with van der Waals surface area (Å²) in [5, 5.41) is 4.52. The first kappa shape index (κ1) is 13.5. The third kappa shape index (κ3) is 2.42. The van der Waals surface area contributed by atoms with Gasteiger partial charge in [-0.25, -0.2) is 18.4 Å². The highest BCUT2D eigenvalue weighted by Gasteiger charge is 2.33. The molecule has 0 amide bonds. The summed E-state index contributed by atoms with van der Waals surface area (Å²) >= 11 is 1.78. The Hall–Kier alpha value is -1.21. The number of nitrogens with zero attached hydrogens (tertiary/aromatic N) is 2. The molecule has 1 aliphatic carbocycles. The molecule has 1 fully saturated rings. The van der Waals surface area contributed by atoms with E-state index in [9.17, 15) is 8.42 Å². The number of nitrogens with one attached hydrogen (secondary N) is 1. The zero-order valence-corrected chi connectivity index (χ0v) is 13.3. The van der Waals surface area contributed by atoms with Gasteiger partial charge in [-0.05, 0) is 31.2 Å². The zero-order chi connectivity index (χ0) is 14.4. The SMILES string of the molecule is O=S1(=O)CC(CNc2ncnc3sc4c(c23)CCCC4)C1. The van der Waals surface area contributed by atoms with Gasteiger partial charge in [0.25, 0.3) is 0 Å². The number of rotatable bonds is 3. The molecule has 0 spiro atoms. The molecule has 0 radical (unpaired) electrons. The second-order valence-corrected chi connectivity index (χ2v) is 9.17. The highest BCUT2D eigenvalue weighted by atomic mass is 32.2. The first-order valence-electron chi connectivity index (χ1n) is 7.32. The van der Waals surface area contributed by atoms with Crippen LogP contribution in [-0.4, -0.2) is 36.4 Å². The highest BCUT2D eigenvalue weighted by molar-refractivity contribution is 7.92. The van der Waals surface area contributed by atoms with Crippen LogP contribution in [0.5, 0.6) is 0 Å². The van der Waals surface area contributed by atoms with Gasteiger partial charge in [-0.2, -0.15) is 0 Å². The molecular weight excluding hydrogens is 306 g/mol. The Morgan fingerprint density at radius 2 is 2.05 bits per heavy atom. The Morgan fingerprint density at radius 3 is 2.86 bits per heavy atom. The summed E-state index contributed by atoms with van der Waals surface area (Å²) in [4.78, 5) is 11.3. The van der Waals surface area contributed by atoms with Gasteiger partial charge in [0.2, 0.25) is 0 Å². The Morgan fingerprint density at radius 1 is 1.24 bits per heavy atom. The van der Waals surface area contributed by atoms with Crippen LogP contribution >= 0.6 is 11.3 Å². The monoisotopic (exact) mass is 323 g/mol. The predicted molar refractivity (Wildman–Crippen MR) is 84.7 cm³/mol. The van der Waals surface area contributed by atoms with Gasteiger partial charge in [0.1, 0.15) is 17.0 Å². The normalized spacial score (nSPS) is 21.0. The smallest absolute Gasteiger partial charge is 0.151 e. The lowest BCUT2D eigenvalue weighted by molar-refractivity contribution is 0.532. The molecule has 0 aromatic carbocycles. The van der Waals surface area contributed by atoms with Crippen LogP contribution in [-0.2, 0) is 22.7 Å². The van der Waals surface area contributed by atoms with E-state index in [1.54, 1.807) is 17.7 Å². The van der Waals surface area contributed by atoms with Gasteiger partial charge >= 0.3 is 0 Å². The summed E-state index contributed by atoms with van der Waals surface area (Å²) in [6.45, 7) is 0.677. The molecule has 2 aliphatic rings. The molecule has 0 saturated carbocycles. The average molecular weight is 323 g/mol. The van der Waals surface area contributed by atoms with Gasteiger partial charge in [-0.3, -0.25) is 0 Å². The molecule has 112 valence electrons. The molecule has 1 aliphatic heterocycles. The Labute approximate surface area is 127 Å². The second-order valence-electron chi connectivity index (χ2n) is 5.94. The quantitative estimate of drug-likeness (QED) is 0.936. The third-order valence-electron chi connectivity index (χ3n) is 4.29. The van der Waals surface area contributed by atoms with E-state index in [0.717, 1.165) is 23.5 Å². The van der Waals surface area contributed by atoms with E-state index in [2.05, 4.69) is 15.3 Å². The second kappa shape index (κ2) is 4.91. The number of thiophene rings is 1. The number of hydrogen-bond donors (Lipinski definition) is 1. The van der Waals surface area contributed by atoms with Gasteiger partial charge in [0, 0.05) is 17.3 Å². The van der Waals surface area contributed by atoms with Crippen LogP contribution in [0, 0.1) is 5.92 Å². The van der Waals surface area contributed by atoms with E-state index >= 15 is 0 Å². The summed E-state index contributed by atoms with van der Waals surface area (Å²) in [5.41, 5.74) is 1.41. The maximum atomic E-state index is 11.2. The van der Waals surface area contributed by atoms with Crippen molar-refractivity contribution in [3.8, 4) is 0 Å². The van der Waals surface area contributed by atoms with Gasteiger partial charge < -0.3 is 5.32 Å². The van der Waals surface area contributed by atoms with E-state index in [-0.39, 0.29) is 5.92 Å². The molecule has 1 saturated heterocycles. The van der Waals surface area contributed by atoms with E-state index < -0.39 is 9.84 Å². The molecule has 7 heteroatoms. The van der Waals surface area contributed by atoms with E-state index in [0.29, 0.717) is 18.1 Å². The lowest BCUT2D eigenvalue weighted by Crippen LogP contribution is -2.40. The minimum absolute atomic E-state index is 0.217. The number of aromatic nitrogens is 2. The Kier molecular flexibility index (Phi) is 3.15. The minimum Gasteiger partial charge on any atom is -0.369 e. The van der Waals surface area contributed by atoms with Crippen LogP contribution in [0.1, 0.15) is 23.3 Å². The summed E-state index contributed by atoms with van der Waals surface area (Å²) in [5.74, 6) is 1.70. The molecule has 0 unspecified atom stereocenters. The van der Waals surface area contributed by atoms with Crippen molar-refractivity contribution in [2.24, 2.45) is 5.92 Å². The van der Waals surface area contributed by atoms with Crippen LogP contribution < -0.4 is 5.32 Å². The van der Waals surface area contributed by atoms with Crippen molar-refractivity contribution in [2.45, 2.75) is 25.7 Å². The maximum Gasteiger partial charge on any atom is 0.151 e. The van der Waals surface area contributed by atoms with Crippen LogP contribution in [0.2, 0.25) is 0 Å². The highest BCUT2D eigenvalue weighted by Crippen LogP contribution is 2.38. The number of aryl methyl sites for hydroxylation is 2. The molecule has 3 heterocycles. The van der Waals surface area contributed by atoms with Crippen molar-refractivity contribution >= 4 is 37.2 Å². The van der Waals surface area contributed by atoms with Crippen molar-refractivity contribution in [1.82, 2.24) is 9.97 Å². The third-order valence-corrected chi connectivity index (χ3v) is 7.45. The molecule has 2 aromatic heterocycles. The molecular formula is C14H17N3O2S2. The van der Waals surface area contributed by atoms with Gasteiger partial charge in [0.15, 0.2) is 9.84 Å². The molecule has 0 atom stereocenters. The van der Waals surface area contributed by atoms with Gasteiger partial charge in [-0.1, -0.05) is 0 Å². The van der Waals surface area contributed by atoms with Crippen molar-refractivity contribution in [3.63, 3.8) is 0 Å². The summed E-state index contributed by atoms with van der Waals surface area (Å²) < 4.78 is 22.4. The number of hydrogen-bond acceptors (Lipinski definition) is 6. The standard InChI is InChI=1S/C14H17N3O2S2/c18-21(19)6-9(7-21)5-15-13-12-10-3-1-2-4-11(10)20-14(12)17-8-16-13/h8-9H,1-7H2,(H,15,16,17). The summed E-state index contributed by atoms with van der Waals surface area (Å²) in [6.07, 6.45) is 6.35. The first-order valence-corrected chi connectivity index (χ1v) is 9.96. The van der Waals surface area contributed by atoms with E-state index in [1.165, 1.54) is 28.7 Å². The molecule has 1 N–H and O–H groups in total. The van der Waals surface area contributed by atoms with Crippen molar-refractivity contribution in [1.29, 1.82) is 0 Å². The molecule has 21 heavy (non-hydrogen) atoms. The summed E-state index contributed by atoms with van der Waals surface area (Å²) in [6, 6.07) is 0. The Balaban J connectivity index is 1.61. The van der Waals surface area contributed by atoms with Gasteiger partial charge in [0.05, 0.1) is 16.9 Å². The first-order chi connectivity index (χ1) is 10.1. The fourth-order valence-electron chi connectivity index (χ4n) is 3.25. The molecule has 0 bridgehead atoms. The molecule has 5 nitrogen and oxygen atoms in total. The lowest BCUT2D eigenvalue weighted by Gasteiger charge is -2.26. The molecule has 4 rings (SSSR count). The molecule has 2 aromatic rings. The Bertz CT molecular complexity index is 786. The van der Waals surface area contributed by atoms with Crippen molar-refractivity contribution < 1.29 is 8.42 Å².